The molecule has 0 saturated carbocycles. The number of aromatic nitrogens is 1. The molecule has 0 spiro atoms. The fourth-order valence-corrected chi connectivity index (χ4v) is 5.53. The molecule has 186 valence electrons. The number of amides is 1. The van der Waals surface area contributed by atoms with Crippen molar-refractivity contribution in [2.75, 3.05) is 38.7 Å². The van der Waals surface area contributed by atoms with E-state index in [1.807, 2.05) is 30.5 Å². The lowest BCUT2D eigenvalue weighted by atomic mass is 10.0. The van der Waals surface area contributed by atoms with Gasteiger partial charge in [-0.25, -0.2) is 4.98 Å². The van der Waals surface area contributed by atoms with Gasteiger partial charge in [0.05, 0.1) is 19.6 Å². The van der Waals surface area contributed by atoms with Crippen LogP contribution < -0.4 is 15.0 Å². The number of nitrogens with one attached hydrogen (secondary N) is 1. The smallest absolute Gasteiger partial charge is 0.224 e. The quantitative estimate of drug-likeness (QED) is 0.444. The summed E-state index contributed by atoms with van der Waals surface area (Å²) in [5, 5.41) is 6.27. The standard InChI is InChI=1S/C28H36N4O2S/c1-21(28-30-16-19-35-28)31(2)24-13-17-32(18-14-24)25-10-8-22(9-11-25)20-27(33)29-15-12-23-6-4-5-7-26(23)34-3/h4-11,16,19,21,24H,12-15,17-18,20H2,1-3H3,(H,29,33). The zero-order valence-electron chi connectivity index (χ0n) is 20.9. The zero-order chi connectivity index (χ0) is 24.6. The Balaban J connectivity index is 1.21. The number of carbonyl (C=O) groups is 1. The van der Waals surface area contributed by atoms with Crippen molar-refractivity contribution in [1.29, 1.82) is 0 Å². The molecule has 4 rings (SSSR count). The normalized spacial score (nSPS) is 15.3. The van der Waals surface area contributed by atoms with Gasteiger partial charge in [-0.1, -0.05) is 30.3 Å². The average Bonchev–Trinajstić information content (AvgIpc) is 3.44. The Kier molecular flexibility index (Phi) is 8.77. The summed E-state index contributed by atoms with van der Waals surface area (Å²) < 4.78 is 5.38. The number of para-hydroxylation sites is 1. The number of methoxy groups -OCH3 is 1. The van der Waals surface area contributed by atoms with Gasteiger partial charge in [0.15, 0.2) is 0 Å². The van der Waals surface area contributed by atoms with Crippen molar-refractivity contribution in [2.45, 2.75) is 44.7 Å². The summed E-state index contributed by atoms with van der Waals surface area (Å²) in [7, 11) is 3.90. The highest BCUT2D eigenvalue weighted by atomic mass is 32.1. The SMILES string of the molecule is COc1ccccc1CCNC(=O)Cc1ccc(N2CCC(N(C)C(C)c3nccs3)CC2)cc1. The Hall–Kier alpha value is -2.90. The minimum Gasteiger partial charge on any atom is -0.496 e. The molecule has 1 aliphatic heterocycles. The summed E-state index contributed by atoms with van der Waals surface area (Å²) in [5.74, 6) is 0.910. The van der Waals surface area contributed by atoms with Gasteiger partial charge < -0.3 is 15.0 Å². The summed E-state index contributed by atoms with van der Waals surface area (Å²) in [6, 6.07) is 17.3. The van der Waals surface area contributed by atoms with Gasteiger partial charge in [0.1, 0.15) is 10.8 Å². The predicted molar refractivity (Wildman–Crippen MR) is 143 cm³/mol. The van der Waals surface area contributed by atoms with E-state index in [-0.39, 0.29) is 5.91 Å². The Morgan fingerprint density at radius 3 is 2.63 bits per heavy atom. The molecule has 1 fully saturated rings. The van der Waals surface area contributed by atoms with Crippen molar-refractivity contribution in [3.63, 3.8) is 0 Å². The van der Waals surface area contributed by atoms with E-state index in [2.05, 4.69) is 63.7 Å². The fourth-order valence-electron chi connectivity index (χ4n) is 4.78. The molecule has 7 heteroatoms. The van der Waals surface area contributed by atoms with Crippen LogP contribution >= 0.6 is 11.3 Å². The number of hydrogen-bond acceptors (Lipinski definition) is 6. The van der Waals surface area contributed by atoms with E-state index in [4.69, 9.17) is 4.74 Å². The molecule has 35 heavy (non-hydrogen) atoms. The van der Waals surface area contributed by atoms with Crippen molar-refractivity contribution < 1.29 is 9.53 Å². The fraction of sp³-hybridized carbons (Fsp3) is 0.429. The van der Waals surface area contributed by atoms with Gasteiger partial charge in [0.2, 0.25) is 5.91 Å². The number of benzene rings is 2. The van der Waals surface area contributed by atoms with Crippen molar-refractivity contribution in [2.24, 2.45) is 0 Å². The number of rotatable bonds is 10. The number of nitrogens with zero attached hydrogens (tertiary/aromatic N) is 3. The first-order valence-electron chi connectivity index (χ1n) is 12.4. The first kappa shape index (κ1) is 25.2. The summed E-state index contributed by atoms with van der Waals surface area (Å²) >= 11 is 1.73. The second kappa shape index (κ2) is 12.2. The van der Waals surface area contributed by atoms with Gasteiger partial charge in [0.25, 0.3) is 0 Å². The second-order valence-electron chi connectivity index (χ2n) is 9.19. The van der Waals surface area contributed by atoms with Crippen LogP contribution in [-0.4, -0.2) is 55.6 Å². The van der Waals surface area contributed by atoms with Crippen molar-refractivity contribution >= 4 is 22.9 Å². The van der Waals surface area contributed by atoms with Gasteiger partial charge >= 0.3 is 0 Å². The number of piperidine rings is 1. The third-order valence-electron chi connectivity index (χ3n) is 7.04. The lowest BCUT2D eigenvalue weighted by Gasteiger charge is -2.39. The lowest BCUT2D eigenvalue weighted by Crippen LogP contribution is -2.44. The topological polar surface area (TPSA) is 57.7 Å². The highest BCUT2D eigenvalue weighted by molar-refractivity contribution is 7.09. The Bertz CT molecular complexity index is 1060. The molecule has 2 aromatic carbocycles. The third kappa shape index (κ3) is 6.61. The van der Waals surface area contributed by atoms with Gasteiger partial charge in [-0.15, -0.1) is 11.3 Å². The first-order chi connectivity index (χ1) is 17.0. The van der Waals surface area contributed by atoms with Crippen LogP contribution in [0.5, 0.6) is 5.75 Å². The molecule has 2 heterocycles. The lowest BCUT2D eigenvalue weighted by molar-refractivity contribution is -0.120. The molecule has 3 aromatic rings. The number of thiazole rings is 1. The van der Waals surface area contributed by atoms with Crippen LogP contribution in [0.25, 0.3) is 0 Å². The highest BCUT2D eigenvalue weighted by Gasteiger charge is 2.26. The van der Waals surface area contributed by atoms with E-state index >= 15 is 0 Å². The molecule has 1 aliphatic rings. The Morgan fingerprint density at radius 2 is 1.94 bits per heavy atom. The summed E-state index contributed by atoms with van der Waals surface area (Å²) in [6.45, 7) is 4.94. The van der Waals surface area contributed by atoms with Crippen LogP contribution in [0.15, 0.2) is 60.1 Å². The molecule has 1 atom stereocenters. The molecule has 1 amide bonds. The Labute approximate surface area is 212 Å². The largest absolute Gasteiger partial charge is 0.496 e. The van der Waals surface area contributed by atoms with Crippen molar-refractivity contribution in [3.05, 3.63) is 76.2 Å². The molecule has 6 nitrogen and oxygen atoms in total. The maximum atomic E-state index is 12.4. The molecular formula is C28H36N4O2S. The number of hydrogen-bond donors (Lipinski definition) is 1. The van der Waals surface area contributed by atoms with Gasteiger partial charge in [-0.2, -0.15) is 0 Å². The molecule has 1 aromatic heterocycles. The molecule has 0 radical (unpaired) electrons. The van der Waals surface area contributed by atoms with E-state index in [1.54, 1.807) is 18.4 Å². The van der Waals surface area contributed by atoms with E-state index in [0.29, 0.717) is 25.0 Å². The van der Waals surface area contributed by atoms with Crippen LogP contribution in [0.2, 0.25) is 0 Å². The number of anilines is 1. The van der Waals surface area contributed by atoms with Gasteiger partial charge in [0, 0.05) is 42.9 Å². The molecule has 0 aliphatic carbocycles. The van der Waals surface area contributed by atoms with Crippen LogP contribution in [-0.2, 0) is 17.6 Å². The van der Waals surface area contributed by atoms with E-state index in [0.717, 1.165) is 49.2 Å². The van der Waals surface area contributed by atoms with Crippen LogP contribution in [0.1, 0.15) is 41.9 Å². The van der Waals surface area contributed by atoms with E-state index < -0.39 is 0 Å². The van der Waals surface area contributed by atoms with Gasteiger partial charge in [-0.3, -0.25) is 9.69 Å². The van der Waals surface area contributed by atoms with E-state index in [1.165, 1.54) is 10.7 Å². The van der Waals surface area contributed by atoms with Crippen molar-refractivity contribution in [3.8, 4) is 5.75 Å². The number of ether oxygens (including phenoxy) is 1. The van der Waals surface area contributed by atoms with Crippen molar-refractivity contribution in [1.82, 2.24) is 15.2 Å². The third-order valence-corrected chi connectivity index (χ3v) is 7.98. The predicted octanol–water partition coefficient (Wildman–Crippen LogP) is 4.71. The molecule has 1 unspecified atom stereocenters. The molecule has 1 N–H and O–H groups in total. The van der Waals surface area contributed by atoms with Crippen LogP contribution in [0.4, 0.5) is 5.69 Å². The molecular weight excluding hydrogens is 456 g/mol. The highest BCUT2D eigenvalue weighted by Crippen LogP contribution is 2.28. The zero-order valence-corrected chi connectivity index (χ0v) is 21.8. The summed E-state index contributed by atoms with van der Waals surface area (Å²) in [5.41, 5.74) is 3.38. The van der Waals surface area contributed by atoms with Crippen LogP contribution in [0.3, 0.4) is 0 Å². The molecule has 0 bridgehead atoms. The maximum absolute atomic E-state index is 12.4. The molecule has 1 saturated heterocycles. The average molecular weight is 493 g/mol. The minimum absolute atomic E-state index is 0.0471. The summed E-state index contributed by atoms with van der Waals surface area (Å²) in [4.78, 5) is 21.8. The van der Waals surface area contributed by atoms with Gasteiger partial charge in [-0.05, 0) is 62.6 Å². The summed E-state index contributed by atoms with van der Waals surface area (Å²) in [6.07, 6.45) is 5.32. The number of carbonyl (C=O) groups excluding carboxylic acids is 1. The maximum Gasteiger partial charge on any atom is 0.224 e. The van der Waals surface area contributed by atoms with Crippen LogP contribution in [0, 0.1) is 0 Å². The monoisotopic (exact) mass is 492 g/mol. The van der Waals surface area contributed by atoms with E-state index in [9.17, 15) is 4.79 Å². The Morgan fingerprint density at radius 1 is 1.20 bits per heavy atom. The second-order valence-corrected chi connectivity index (χ2v) is 10.1. The first-order valence-corrected chi connectivity index (χ1v) is 13.3. The minimum atomic E-state index is 0.0471.